The molecule has 1 atom stereocenters. The smallest absolute Gasteiger partial charge is 0.0322 e. The average Bonchev–Trinajstić information content (AvgIpc) is 2.91. The molecule has 1 aliphatic heterocycles. The fraction of sp³-hybridized carbons (Fsp3) is 0.667. The Morgan fingerprint density at radius 1 is 1.05 bits per heavy atom. The zero-order valence-corrected chi connectivity index (χ0v) is 12.6. The van der Waals surface area contributed by atoms with Crippen molar-refractivity contribution < 1.29 is 0 Å². The molecule has 3 rings (SSSR count). The quantitative estimate of drug-likeness (QED) is 0.651. The minimum atomic E-state index is 0.590. The SMILES string of the molecule is c1ccc2c(c1)CCCCC2NCCCN1CCCC1. The van der Waals surface area contributed by atoms with Crippen molar-refractivity contribution >= 4 is 0 Å². The number of hydrogen-bond donors (Lipinski definition) is 1. The average molecular weight is 272 g/mol. The van der Waals surface area contributed by atoms with Gasteiger partial charge in [0.2, 0.25) is 0 Å². The van der Waals surface area contributed by atoms with Gasteiger partial charge in [-0.2, -0.15) is 0 Å². The third kappa shape index (κ3) is 3.62. The highest BCUT2D eigenvalue weighted by molar-refractivity contribution is 5.31. The molecule has 2 aliphatic rings. The Labute approximate surface area is 123 Å². The molecule has 1 unspecified atom stereocenters. The van der Waals surface area contributed by atoms with E-state index >= 15 is 0 Å². The lowest BCUT2D eigenvalue weighted by Gasteiger charge is -2.20. The zero-order chi connectivity index (χ0) is 13.6. The van der Waals surface area contributed by atoms with Gasteiger partial charge in [0.15, 0.2) is 0 Å². The highest BCUT2D eigenvalue weighted by Crippen LogP contribution is 2.28. The van der Waals surface area contributed by atoms with Gasteiger partial charge in [-0.3, -0.25) is 0 Å². The van der Waals surface area contributed by atoms with E-state index in [2.05, 4.69) is 34.5 Å². The number of likely N-dealkylation sites (tertiary alicyclic amines) is 1. The summed E-state index contributed by atoms with van der Waals surface area (Å²) in [4.78, 5) is 2.61. The van der Waals surface area contributed by atoms with Crippen molar-refractivity contribution in [3.05, 3.63) is 35.4 Å². The van der Waals surface area contributed by atoms with Crippen LogP contribution in [-0.4, -0.2) is 31.1 Å². The summed E-state index contributed by atoms with van der Waals surface area (Å²) in [6.45, 7) is 5.09. The summed E-state index contributed by atoms with van der Waals surface area (Å²) >= 11 is 0. The standard InChI is InChI=1S/C18H28N2/c1-3-10-17-16(8-1)9-2-4-11-18(17)19-12-7-15-20-13-5-6-14-20/h1,3,8,10,18-19H,2,4-7,9,11-15H2. The first-order valence-corrected chi connectivity index (χ1v) is 8.47. The normalized spacial score (nSPS) is 23.5. The van der Waals surface area contributed by atoms with E-state index < -0.39 is 0 Å². The summed E-state index contributed by atoms with van der Waals surface area (Å²) in [5, 5.41) is 3.82. The van der Waals surface area contributed by atoms with Gasteiger partial charge in [0.1, 0.15) is 0 Å². The molecular weight excluding hydrogens is 244 g/mol. The molecule has 1 fully saturated rings. The molecule has 1 aromatic rings. The molecule has 2 nitrogen and oxygen atoms in total. The molecule has 20 heavy (non-hydrogen) atoms. The molecule has 2 heteroatoms. The molecule has 110 valence electrons. The van der Waals surface area contributed by atoms with Crippen molar-refractivity contribution in [1.82, 2.24) is 10.2 Å². The van der Waals surface area contributed by atoms with Crippen LogP contribution in [0, 0.1) is 0 Å². The third-order valence-corrected chi connectivity index (χ3v) is 4.86. The summed E-state index contributed by atoms with van der Waals surface area (Å²) in [5.41, 5.74) is 3.13. The van der Waals surface area contributed by atoms with E-state index in [9.17, 15) is 0 Å². The van der Waals surface area contributed by atoms with Gasteiger partial charge in [-0.05, 0) is 75.8 Å². The highest BCUT2D eigenvalue weighted by Gasteiger charge is 2.17. The van der Waals surface area contributed by atoms with Crippen molar-refractivity contribution in [1.29, 1.82) is 0 Å². The number of nitrogens with zero attached hydrogens (tertiary/aromatic N) is 1. The van der Waals surface area contributed by atoms with Crippen LogP contribution >= 0.6 is 0 Å². The van der Waals surface area contributed by atoms with Crippen LogP contribution in [0.25, 0.3) is 0 Å². The number of aryl methyl sites for hydroxylation is 1. The minimum absolute atomic E-state index is 0.590. The molecule has 0 saturated carbocycles. The maximum absolute atomic E-state index is 3.82. The fourth-order valence-electron chi connectivity index (χ4n) is 3.72. The van der Waals surface area contributed by atoms with Gasteiger partial charge >= 0.3 is 0 Å². The van der Waals surface area contributed by atoms with Gasteiger partial charge in [-0.15, -0.1) is 0 Å². The van der Waals surface area contributed by atoms with Gasteiger partial charge in [-0.1, -0.05) is 30.7 Å². The number of benzene rings is 1. The first-order chi connectivity index (χ1) is 9.93. The van der Waals surface area contributed by atoms with Gasteiger partial charge in [0.25, 0.3) is 0 Å². The largest absolute Gasteiger partial charge is 0.310 e. The van der Waals surface area contributed by atoms with E-state index in [4.69, 9.17) is 0 Å². The second-order valence-corrected chi connectivity index (χ2v) is 6.35. The number of hydrogen-bond acceptors (Lipinski definition) is 2. The molecule has 0 radical (unpaired) electrons. The van der Waals surface area contributed by atoms with Gasteiger partial charge in [0.05, 0.1) is 0 Å². The lowest BCUT2D eigenvalue weighted by molar-refractivity contribution is 0.326. The van der Waals surface area contributed by atoms with E-state index in [0.29, 0.717) is 6.04 Å². The van der Waals surface area contributed by atoms with Crippen molar-refractivity contribution in [3.8, 4) is 0 Å². The molecule has 0 aromatic heterocycles. The second-order valence-electron chi connectivity index (χ2n) is 6.35. The fourth-order valence-corrected chi connectivity index (χ4v) is 3.72. The van der Waals surface area contributed by atoms with Crippen LogP contribution in [0.2, 0.25) is 0 Å². The van der Waals surface area contributed by atoms with E-state index in [1.807, 2.05) is 0 Å². The number of fused-ring (bicyclic) bond motifs is 1. The van der Waals surface area contributed by atoms with Crippen LogP contribution in [0.15, 0.2) is 24.3 Å². The Morgan fingerprint density at radius 3 is 2.80 bits per heavy atom. The summed E-state index contributed by atoms with van der Waals surface area (Å²) in [6, 6.07) is 9.63. The van der Waals surface area contributed by atoms with E-state index in [-0.39, 0.29) is 0 Å². The molecule has 1 saturated heterocycles. The first-order valence-electron chi connectivity index (χ1n) is 8.47. The van der Waals surface area contributed by atoms with Crippen molar-refractivity contribution in [2.45, 2.75) is 51.0 Å². The topological polar surface area (TPSA) is 15.3 Å². The van der Waals surface area contributed by atoms with Gasteiger partial charge in [0, 0.05) is 6.04 Å². The predicted molar refractivity (Wildman–Crippen MR) is 85.0 cm³/mol. The van der Waals surface area contributed by atoms with Crippen LogP contribution < -0.4 is 5.32 Å². The van der Waals surface area contributed by atoms with Crippen molar-refractivity contribution in [3.63, 3.8) is 0 Å². The molecule has 0 spiro atoms. The van der Waals surface area contributed by atoms with Crippen LogP contribution in [0.5, 0.6) is 0 Å². The maximum Gasteiger partial charge on any atom is 0.0322 e. The second kappa shape index (κ2) is 7.24. The summed E-state index contributed by atoms with van der Waals surface area (Å²) < 4.78 is 0. The molecular formula is C18H28N2. The molecule has 0 bridgehead atoms. The zero-order valence-electron chi connectivity index (χ0n) is 12.6. The lowest BCUT2D eigenvalue weighted by Crippen LogP contribution is -2.27. The van der Waals surface area contributed by atoms with Crippen LogP contribution in [0.1, 0.15) is 55.7 Å². The Hall–Kier alpha value is -0.860. The monoisotopic (exact) mass is 272 g/mol. The molecule has 0 amide bonds. The predicted octanol–water partition coefficient (Wildman–Crippen LogP) is 3.53. The molecule has 1 N–H and O–H groups in total. The van der Waals surface area contributed by atoms with E-state index in [1.54, 1.807) is 11.1 Å². The molecule has 1 aliphatic carbocycles. The van der Waals surface area contributed by atoms with Crippen LogP contribution in [-0.2, 0) is 6.42 Å². The number of rotatable bonds is 5. The summed E-state index contributed by atoms with van der Waals surface area (Å²) in [5.74, 6) is 0. The Morgan fingerprint density at radius 2 is 1.90 bits per heavy atom. The summed E-state index contributed by atoms with van der Waals surface area (Å²) in [7, 11) is 0. The minimum Gasteiger partial charge on any atom is -0.310 e. The third-order valence-electron chi connectivity index (χ3n) is 4.86. The highest BCUT2D eigenvalue weighted by atomic mass is 15.1. The van der Waals surface area contributed by atoms with Crippen molar-refractivity contribution in [2.24, 2.45) is 0 Å². The maximum atomic E-state index is 3.82. The van der Waals surface area contributed by atoms with Gasteiger partial charge in [-0.25, -0.2) is 0 Å². The lowest BCUT2D eigenvalue weighted by atomic mass is 9.99. The Balaban J connectivity index is 1.49. The van der Waals surface area contributed by atoms with Crippen LogP contribution in [0.3, 0.4) is 0 Å². The first kappa shape index (κ1) is 14.1. The molecule has 1 aromatic carbocycles. The summed E-state index contributed by atoms with van der Waals surface area (Å²) in [6.07, 6.45) is 9.38. The van der Waals surface area contributed by atoms with Crippen LogP contribution in [0.4, 0.5) is 0 Å². The van der Waals surface area contributed by atoms with Gasteiger partial charge < -0.3 is 10.2 Å². The van der Waals surface area contributed by atoms with E-state index in [1.165, 1.54) is 64.6 Å². The Bertz CT molecular complexity index is 410. The van der Waals surface area contributed by atoms with E-state index in [0.717, 1.165) is 6.54 Å². The number of nitrogens with one attached hydrogen (secondary N) is 1. The van der Waals surface area contributed by atoms with Crippen molar-refractivity contribution in [2.75, 3.05) is 26.2 Å². The Kier molecular flexibility index (Phi) is 5.10. The molecule has 1 heterocycles.